The molecule has 0 aromatic carbocycles. The van der Waals surface area contributed by atoms with Crippen LogP contribution in [0.3, 0.4) is 0 Å². The van der Waals surface area contributed by atoms with Crippen LogP contribution in [0.2, 0.25) is 0 Å². The van der Waals surface area contributed by atoms with Crippen LogP contribution in [0.4, 0.5) is 0 Å². The molecule has 0 aromatic rings. The zero-order valence-electron chi connectivity index (χ0n) is 5.86. The second-order valence-electron chi connectivity index (χ2n) is 2.73. The predicted molar refractivity (Wildman–Crippen MR) is 35.5 cm³/mol. The average molecular weight is 147 g/mol. The molecule has 4 atom stereocenters. The lowest BCUT2D eigenvalue weighted by Crippen LogP contribution is -2.36. The lowest BCUT2D eigenvalue weighted by atomic mass is 10.1. The van der Waals surface area contributed by atoms with Crippen LogP contribution in [0.25, 0.3) is 0 Å². The fraction of sp³-hybridized carbons (Fsp3) is 1.00. The Kier molecular flexibility index (Phi) is 2.25. The second-order valence-corrected chi connectivity index (χ2v) is 2.73. The highest BCUT2D eigenvalue weighted by molar-refractivity contribution is 4.95. The highest BCUT2D eigenvalue weighted by atomic mass is 16.3. The lowest BCUT2D eigenvalue weighted by molar-refractivity contribution is 0.0214. The molecule has 1 heterocycles. The van der Waals surface area contributed by atoms with Crippen molar-refractivity contribution >= 4 is 0 Å². The first-order valence-electron chi connectivity index (χ1n) is 3.40. The van der Waals surface area contributed by atoms with Crippen molar-refractivity contribution in [2.24, 2.45) is 0 Å². The molecule has 4 N–H and O–H groups in total. The van der Waals surface area contributed by atoms with Crippen molar-refractivity contribution in [1.82, 2.24) is 5.32 Å². The van der Waals surface area contributed by atoms with Gasteiger partial charge in [-0.15, -0.1) is 0 Å². The van der Waals surface area contributed by atoms with Gasteiger partial charge < -0.3 is 20.6 Å². The Morgan fingerprint density at radius 1 is 1.30 bits per heavy atom. The second kappa shape index (κ2) is 2.84. The van der Waals surface area contributed by atoms with Crippen molar-refractivity contribution in [3.63, 3.8) is 0 Å². The minimum absolute atomic E-state index is 0.132. The third kappa shape index (κ3) is 1.15. The van der Waals surface area contributed by atoms with Gasteiger partial charge in [0.05, 0.1) is 24.9 Å². The topological polar surface area (TPSA) is 72.7 Å². The molecule has 1 fully saturated rings. The van der Waals surface area contributed by atoms with E-state index in [2.05, 4.69) is 5.32 Å². The van der Waals surface area contributed by atoms with Crippen molar-refractivity contribution in [2.75, 3.05) is 6.61 Å². The van der Waals surface area contributed by atoms with Crippen LogP contribution in [-0.4, -0.2) is 46.2 Å². The van der Waals surface area contributed by atoms with E-state index in [-0.39, 0.29) is 18.7 Å². The Bertz CT molecular complexity index is 120. The maximum atomic E-state index is 9.16. The van der Waals surface area contributed by atoms with Gasteiger partial charge >= 0.3 is 0 Å². The molecule has 1 rings (SSSR count). The van der Waals surface area contributed by atoms with Crippen molar-refractivity contribution in [1.29, 1.82) is 0 Å². The fourth-order valence-corrected chi connectivity index (χ4v) is 1.23. The summed E-state index contributed by atoms with van der Waals surface area (Å²) in [4.78, 5) is 0. The summed E-state index contributed by atoms with van der Waals surface area (Å²) in [7, 11) is 0. The summed E-state index contributed by atoms with van der Waals surface area (Å²) >= 11 is 0. The Morgan fingerprint density at radius 3 is 2.10 bits per heavy atom. The molecule has 0 bridgehead atoms. The molecule has 10 heavy (non-hydrogen) atoms. The summed E-state index contributed by atoms with van der Waals surface area (Å²) in [6, 6.07) is -0.503. The minimum atomic E-state index is -0.833. The third-order valence-corrected chi connectivity index (χ3v) is 1.95. The van der Waals surface area contributed by atoms with Gasteiger partial charge in [-0.2, -0.15) is 0 Å². The first-order chi connectivity index (χ1) is 4.66. The molecule has 0 radical (unpaired) electrons. The van der Waals surface area contributed by atoms with Crippen molar-refractivity contribution in [3.05, 3.63) is 0 Å². The predicted octanol–water partition coefficient (Wildman–Crippen LogP) is -1.94. The highest BCUT2D eigenvalue weighted by Gasteiger charge is 2.37. The Labute approximate surface area is 59.5 Å². The summed E-state index contributed by atoms with van der Waals surface area (Å²) < 4.78 is 0. The van der Waals surface area contributed by atoms with Crippen LogP contribution in [-0.2, 0) is 0 Å². The quantitative estimate of drug-likeness (QED) is 0.348. The summed E-state index contributed by atoms with van der Waals surface area (Å²) in [5.41, 5.74) is 0. The van der Waals surface area contributed by atoms with Crippen LogP contribution in [0.5, 0.6) is 0 Å². The molecule has 0 aromatic heterocycles. The van der Waals surface area contributed by atoms with Crippen LogP contribution in [0.15, 0.2) is 0 Å². The number of rotatable bonds is 1. The summed E-state index contributed by atoms with van der Waals surface area (Å²) in [5.74, 6) is 0. The molecule has 1 aliphatic rings. The van der Waals surface area contributed by atoms with E-state index in [0.29, 0.717) is 0 Å². The maximum absolute atomic E-state index is 9.16. The molecule has 60 valence electrons. The van der Waals surface area contributed by atoms with Crippen LogP contribution < -0.4 is 5.32 Å². The molecule has 1 saturated heterocycles. The van der Waals surface area contributed by atoms with E-state index in [1.807, 2.05) is 0 Å². The van der Waals surface area contributed by atoms with Crippen LogP contribution in [0.1, 0.15) is 6.92 Å². The molecule has 0 aliphatic carbocycles. The largest absolute Gasteiger partial charge is 0.395 e. The van der Waals surface area contributed by atoms with E-state index in [1.54, 1.807) is 6.92 Å². The molecule has 0 unspecified atom stereocenters. The van der Waals surface area contributed by atoms with Crippen LogP contribution in [0, 0.1) is 0 Å². The van der Waals surface area contributed by atoms with Gasteiger partial charge in [-0.25, -0.2) is 0 Å². The third-order valence-electron chi connectivity index (χ3n) is 1.95. The zero-order valence-corrected chi connectivity index (χ0v) is 5.86. The summed E-state index contributed by atoms with van der Waals surface area (Å²) in [6.07, 6.45) is -1.59. The van der Waals surface area contributed by atoms with E-state index in [9.17, 15) is 0 Å². The van der Waals surface area contributed by atoms with Crippen LogP contribution >= 0.6 is 0 Å². The first kappa shape index (κ1) is 7.94. The van der Waals surface area contributed by atoms with Gasteiger partial charge in [-0.3, -0.25) is 0 Å². The van der Waals surface area contributed by atoms with E-state index < -0.39 is 12.2 Å². The van der Waals surface area contributed by atoms with E-state index >= 15 is 0 Å². The average Bonchev–Trinajstić information content (AvgIpc) is 2.17. The molecule has 0 amide bonds. The molecule has 0 saturated carbocycles. The van der Waals surface area contributed by atoms with Gasteiger partial charge in [0.1, 0.15) is 0 Å². The van der Waals surface area contributed by atoms with Crippen molar-refractivity contribution in [2.45, 2.75) is 31.2 Å². The Balaban J connectivity index is 2.53. The van der Waals surface area contributed by atoms with Gasteiger partial charge in [0.15, 0.2) is 0 Å². The van der Waals surface area contributed by atoms with Gasteiger partial charge in [0, 0.05) is 6.04 Å². The molecular weight excluding hydrogens is 134 g/mol. The number of aliphatic hydroxyl groups excluding tert-OH is 3. The summed E-state index contributed by atoms with van der Waals surface area (Å²) in [5, 5.41) is 29.8. The Hall–Kier alpha value is -0.160. The number of hydrogen-bond donors (Lipinski definition) is 4. The highest BCUT2D eigenvalue weighted by Crippen LogP contribution is 2.12. The normalized spacial score (nSPS) is 48.0. The Morgan fingerprint density at radius 2 is 1.90 bits per heavy atom. The standard InChI is InChI=1S/C6H13NO3/c1-3-5(9)6(10)4(2-8)7-3/h3-10H,2H2,1H3/t3-,4+,5+,6+/m0/s1. The maximum Gasteiger partial charge on any atom is 0.0989 e. The van der Waals surface area contributed by atoms with E-state index in [1.165, 1.54) is 0 Å². The number of aliphatic hydroxyl groups is 3. The van der Waals surface area contributed by atoms with Gasteiger partial charge in [0.2, 0.25) is 0 Å². The van der Waals surface area contributed by atoms with Crippen molar-refractivity contribution < 1.29 is 15.3 Å². The minimum Gasteiger partial charge on any atom is -0.395 e. The number of nitrogens with one attached hydrogen (secondary N) is 1. The van der Waals surface area contributed by atoms with E-state index in [4.69, 9.17) is 15.3 Å². The zero-order chi connectivity index (χ0) is 7.72. The van der Waals surface area contributed by atoms with E-state index in [0.717, 1.165) is 0 Å². The fourth-order valence-electron chi connectivity index (χ4n) is 1.23. The SMILES string of the molecule is C[C@@H]1N[C@H](CO)[C@@H](O)[C@@H]1O. The lowest BCUT2D eigenvalue weighted by Gasteiger charge is -2.11. The van der Waals surface area contributed by atoms with Gasteiger partial charge in [-0.1, -0.05) is 0 Å². The first-order valence-corrected chi connectivity index (χ1v) is 3.40. The monoisotopic (exact) mass is 147 g/mol. The van der Waals surface area contributed by atoms with Gasteiger partial charge in [-0.05, 0) is 6.92 Å². The molecule has 4 heteroatoms. The van der Waals surface area contributed by atoms with Crippen molar-refractivity contribution in [3.8, 4) is 0 Å². The molecule has 0 spiro atoms. The summed E-state index contributed by atoms with van der Waals surface area (Å²) in [6.45, 7) is 1.63. The smallest absolute Gasteiger partial charge is 0.0989 e. The molecule has 4 nitrogen and oxygen atoms in total. The number of hydrogen-bond acceptors (Lipinski definition) is 4. The van der Waals surface area contributed by atoms with Gasteiger partial charge in [0.25, 0.3) is 0 Å². The molecular formula is C6H13NO3. The molecule has 1 aliphatic heterocycles.